The Balaban J connectivity index is 1.22. The number of carbonyl (C=O) groups excluding carboxylic acids is 1. The van der Waals surface area contributed by atoms with Crippen molar-refractivity contribution in [3.63, 3.8) is 0 Å². The molecule has 1 aromatic heterocycles. The van der Waals surface area contributed by atoms with Gasteiger partial charge in [0.05, 0.1) is 19.1 Å². The van der Waals surface area contributed by atoms with Crippen LogP contribution in [0.1, 0.15) is 31.4 Å². The number of morpholine rings is 1. The van der Waals surface area contributed by atoms with Gasteiger partial charge >= 0.3 is 0 Å². The minimum atomic E-state index is 0.189. The number of likely N-dealkylation sites (tertiary alicyclic amines) is 2. The van der Waals surface area contributed by atoms with Gasteiger partial charge in [-0.25, -0.2) is 0 Å². The third-order valence-corrected chi connectivity index (χ3v) is 6.61. The topological polar surface area (TPSA) is 48.9 Å². The molecule has 0 N–H and O–H groups in total. The molecule has 1 aromatic rings. The Morgan fingerprint density at radius 1 is 1.07 bits per heavy atom. The second-order valence-electron chi connectivity index (χ2n) is 8.42. The highest BCUT2D eigenvalue weighted by atomic mass is 16.5. The number of pyridine rings is 1. The molecule has 4 heterocycles. The molecule has 154 valence electrons. The Labute approximate surface area is 168 Å². The van der Waals surface area contributed by atoms with E-state index in [1.54, 1.807) is 0 Å². The maximum absolute atomic E-state index is 12.9. The van der Waals surface area contributed by atoms with E-state index in [1.807, 2.05) is 17.2 Å². The fraction of sp³-hybridized carbons (Fsp3) is 0.727. The Morgan fingerprint density at radius 2 is 1.89 bits per heavy atom. The Morgan fingerprint density at radius 3 is 2.64 bits per heavy atom. The Hall–Kier alpha value is -1.50. The predicted molar refractivity (Wildman–Crippen MR) is 109 cm³/mol. The molecular formula is C22H34N4O2. The fourth-order valence-electron chi connectivity index (χ4n) is 4.91. The van der Waals surface area contributed by atoms with Gasteiger partial charge < -0.3 is 14.5 Å². The number of carbonyl (C=O) groups is 1. The molecule has 0 aliphatic carbocycles. The molecule has 1 amide bonds. The van der Waals surface area contributed by atoms with Crippen LogP contribution in [0.25, 0.3) is 0 Å². The number of nitrogens with zero attached hydrogens (tertiary/aromatic N) is 4. The number of ether oxygens (including phenoxy) is 1. The maximum atomic E-state index is 12.9. The summed E-state index contributed by atoms with van der Waals surface area (Å²) in [5.41, 5.74) is 1.19. The molecule has 0 radical (unpaired) electrons. The van der Waals surface area contributed by atoms with Gasteiger partial charge in [0, 0.05) is 50.5 Å². The van der Waals surface area contributed by atoms with Gasteiger partial charge in [-0.2, -0.15) is 0 Å². The van der Waals surface area contributed by atoms with E-state index in [0.29, 0.717) is 25.2 Å². The van der Waals surface area contributed by atoms with Gasteiger partial charge in [-0.1, -0.05) is 6.07 Å². The summed E-state index contributed by atoms with van der Waals surface area (Å²) >= 11 is 0. The highest BCUT2D eigenvalue weighted by Gasteiger charge is 2.33. The summed E-state index contributed by atoms with van der Waals surface area (Å²) < 4.78 is 5.40. The van der Waals surface area contributed by atoms with Crippen LogP contribution >= 0.6 is 0 Å². The van der Waals surface area contributed by atoms with Crippen molar-refractivity contribution in [2.24, 2.45) is 5.92 Å². The van der Waals surface area contributed by atoms with Gasteiger partial charge in [-0.15, -0.1) is 0 Å². The van der Waals surface area contributed by atoms with Crippen LogP contribution in [0.15, 0.2) is 24.4 Å². The molecule has 0 spiro atoms. The zero-order chi connectivity index (χ0) is 19.2. The van der Waals surface area contributed by atoms with Gasteiger partial charge in [0.1, 0.15) is 0 Å². The summed E-state index contributed by atoms with van der Waals surface area (Å²) in [6.07, 6.45) is 7.56. The van der Waals surface area contributed by atoms with E-state index in [-0.39, 0.29) is 5.92 Å². The zero-order valence-corrected chi connectivity index (χ0v) is 17.0. The van der Waals surface area contributed by atoms with Crippen molar-refractivity contribution in [1.82, 2.24) is 19.7 Å². The van der Waals surface area contributed by atoms with E-state index < -0.39 is 0 Å². The fourth-order valence-corrected chi connectivity index (χ4v) is 4.91. The number of hydrogen-bond donors (Lipinski definition) is 0. The molecule has 28 heavy (non-hydrogen) atoms. The molecule has 0 bridgehead atoms. The molecule has 3 aliphatic heterocycles. The second-order valence-corrected chi connectivity index (χ2v) is 8.42. The highest BCUT2D eigenvalue weighted by molar-refractivity contribution is 5.79. The Bertz CT molecular complexity index is 612. The van der Waals surface area contributed by atoms with Crippen molar-refractivity contribution in [2.45, 2.75) is 38.1 Å². The Kier molecular flexibility index (Phi) is 6.94. The van der Waals surface area contributed by atoms with Crippen LogP contribution in [0.2, 0.25) is 0 Å². The van der Waals surface area contributed by atoms with Crippen LogP contribution in [0.3, 0.4) is 0 Å². The molecule has 4 rings (SSSR count). The van der Waals surface area contributed by atoms with Gasteiger partial charge in [-0.05, 0) is 57.5 Å². The van der Waals surface area contributed by atoms with Gasteiger partial charge in [-0.3, -0.25) is 14.7 Å². The lowest BCUT2D eigenvalue weighted by molar-refractivity contribution is -0.142. The van der Waals surface area contributed by atoms with Crippen LogP contribution in [-0.4, -0.2) is 90.7 Å². The average molecular weight is 387 g/mol. The first-order chi connectivity index (χ1) is 13.8. The van der Waals surface area contributed by atoms with Crippen molar-refractivity contribution in [2.75, 3.05) is 59.0 Å². The minimum Gasteiger partial charge on any atom is -0.378 e. The van der Waals surface area contributed by atoms with E-state index in [0.717, 1.165) is 65.1 Å². The molecule has 0 unspecified atom stereocenters. The predicted octanol–water partition coefficient (Wildman–Crippen LogP) is 1.66. The standard InChI is InChI=1S/C22H34N4O2/c27-22(25-14-16-28-17-15-25)19-4-3-10-26(18-19)21-7-12-24(13-8-21)11-6-20-5-1-2-9-23-20/h1-2,5,9,19,21H,3-4,6-8,10-18H2/t19-/m0/s1. The summed E-state index contributed by atoms with van der Waals surface area (Å²) in [5, 5.41) is 0. The van der Waals surface area contributed by atoms with Crippen LogP contribution < -0.4 is 0 Å². The molecule has 3 aliphatic rings. The van der Waals surface area contributed by atoms with Crippen molar-refractivity contribution in [1.29, 1.82) is 0 Å². The monoisotopic (exact) mass is 386 g/mol. The quantitative estimate of drug-likeness (QED) is 0.770. The average Bonchev–Trinajstić information content (AvgIpc) is 2.79. The SMILES string of the molecule is O=C([C@H]1CCCN(C2CCN(CCc3ccccn3)CC2)C1)N1CCOCC1. The zero-order valence-electron chi connectivity index (χ0n) is 17.0. The summed E-state index contributed by atoms with van der Waals surface area (Å²) in [6.45, 7) is 8.46. The van der Waals surface area contributed by atoms with E-state index >= 15 is 0 Å². The van der Waals surface area contributed by atoms with Crippen LogP contribution in [0.5, 0.6) is 0 Å². The number of hydrogen-bond acceptors (Lipinski definition) is 5. The van der Waals surface area contributed by atoms with Crippen molar-refractivity contribution >= 4 is 5.91 Å². The van der Waals surface area contributed by atoms with E-state index in [9.17, 15) is 4.79 Å². The summed E-state index contributed by atoms with van der Waals surface area (Å²) in [4.78, 5) is 24.5. The van der Waals surface area contributed by atoms with Gasteiger partial charge in [0.25, 0.3) is 0 Å². The highest BCUT2D eigenvalue weighted by Crippen LogP contribution is 2.25. The summed E-state index contributed by atoms with van der Waals surface area (Å²) in [6, 6.07) is 6.81. The molecular weight excluding hydrogens is 352 g/mol. The van der Waals surface area contributed by atoms with Crippen LogP contribution in [0, 0.1) is 5.92 Å². The third-order valence-electron chi connectivity index (χ3n) is 6.61. The number of aromatic nitrogens is 1. The molecule has 0 saturated carbocycles. The van der Waals surface area contributed by atoms with Crippen molar-refractivity contribution < 1.29 is 9.53 Å². The van der Waals surface area contributed by atoms with Crippen LogP contribution in [-0.2, 0) is 16.0 Å². The molecule has 1 atom stereocenters. The smallest absolute Gasteiger partial charge is 0.227 e. The normalized spacial score (nSPS) is 25.7. The van der Waals surface area contributed by atoms with Gasteiger partial charge in [0.15, 0.2) is 0 Å². The molecule has 0 aromatic carbocycles. The van der Waals surface area contributed by atoms with Crippen molar-refractivity contribution in [3.8, 4) is 0 Å². The molecule has 3 saturated heterocycles. The molecule has 6 heteroatoms. The number of amides is 1. The van der Waals surface area contributed by atoms with Crippen molar-refractivity contribution in [3.05, 3.63) is 30.1 Å². The molecule has 6 nitrogen and oxygen atoms in total. The summed E-state index contributed by atoms with van der Waals surface area (Å²) in [7, 11) is 0. The van der Waals surface area contributed by atoms with Gasteiger partial charge in [0.2, 0.25) is 5.91 Å². The number of rotatable bonds is 5. The molecule has 3 fully saturated rings. The number of piperidine rings is 2. The first kappa shape index (κ1) is 19.8. The van der Waals surface area contributed by atoms with E-state index in [1.165, 1.54) is 18.5 Å². The summed E-state index contributed by atoms with van der Waals surface area (Å²) in [5.74, 6) is 0.551. The maximum Gasteiger partial charge on any atom is 0.227 e. The first-order valence-corrected chi connectivity index (χ1v) is 11.0. The lowest BCUT2D eigenvalue weighted by Gasteiger charge is -2.43. The minimum absolute atomic E-state index is 0.189. The van der Waals surface area contributed by atoms with E-state index in [4.69, 9.17) is 4.74 Å². The second kappa shape index (κ2) is 9.81. The lowest BCUT2D eigenvalue weighted by atomic mass is 9.92. The van der Waals surface area contributed by atoms with E-state index in [2.05, 4.69) is 26.9 Å². The third kappa shape index (κ3) is 5.10. The largest absolute Gasteiger partial charge is 0.378 e. The lowest BCUT2D eigenvalue weighted by Crippen LogP contribution is -2.52. The first-order valence-electron chi connectivity index (χ1n) is 11.0. The van der Waals surface area contributed by atoms with Crippen LogP contribution in [0.4, 0.5) is 0 Å².